The Bertz CT molecular complexity index is 869. The number of amides is 2. The van der Waals surface area contributed by atoms with Gasteiger partial charge in [0.2, 0.25) is 17.6 Å². The molecule has 2 amide bonds. The molecule has 0 atom stereocenters. The molecular weight excluding hydrogens is 336 g/mol. The lowest BCUT2D eigenvalue weighted by Crippen LogP contribution is -2.30. The van der Waals surface area contributed by atoms with Crippen molar-refractivity contribution in [2.24, 2.45) is 0 Å². The third-order valence-corrected chi connectivity index (χ3v) is 3.61. The zero-order chi connectivity index (χ0) is 18.4. The molecule has 0 fully saturated rings. The van der Waals surface area contributed by atoms with E-state index in [4.69, 9.17) is 8.94 Å². The van der Waals surface area contributed by atoms with Crippen molar-refractivity contribution in [2.45, 2.75) is 19.9 Å². The van der Waals surface area contributed by atoms with Crippen LogP contribution in [0.25, 0.3) is 11.4 Å². The zero-order valence-electron chi connectivity index (χ0n) is 14.2. The molecule has 2 N–H and O–H groups in total. The molecule has 0 spiro atoms. The molecule has 0 radical (unpaired) electrons. The summed E-state index contributed by atoms with van der Waals surface area (Å²) in [5.41, 5.74) is 1.25. The molecule has 1 aromatic carbocycles. The van der Waals surface area contributed by atoms with E-state index < -0.39 is 0 Å². The Balaban J connectivity index is 1.43. The van der Waals surface area contributed by atoms with Gasteiger partial charge < -0.3 is 19.6 Å². The number of rotatable bonds is 7. The first-order valence-corrected chi connectivity index (χ1v) is 8.10. The lowest BCUT2D eigenvalue weighted by Gasteiger charge is -2.06. The number of aryl methyl sites for hydroxylation is 1. The maximum absolute atomic E-state index is 12.1. The number of carbonyl (C=O) groups excluding carboxylic acids is 2. The van der Waals surface area contributed by atoms with E-state index in [0.717, 1.165) is 5.56 Å². The summed E-state index contributed by atoms with van der Waals surface area (Å²) in [6, 6.07) is 10.4. The van der Waals surface area contributed by atoms with Crippen LogP contribution in [0.2, 0.25) is 0 Å². The second kappa shape index (κ2) is 8.11. The smallest absolute Gasteiger partial charge is 0.251 e. The van der Waals surface area contributed by atoms with Crippen molar-refractivity contribution >= 4 is 11.8 Å². The van der Waals surface area contributed by atoms with Gasteiger partial charge in [-0.25, -0.2) is 0 Å². The van der Waals surface area contributed by atoms with Gasteiger partial charge in [-0.05, 0) is 24.3 Å². The zero-order valence-corrected chi connectivity index (χ0v) is 14.2. The van der Waals surface area contributed by atoms with Gasteiger partial charge in [-0.2, -0.15) is 4.98 Å². The van der Waals surface area contributed by atoms with Crippen LogP contribution in [0.15, 0.2) is 51.6 Å². The van der Waals surface area contributed by atoms with Gasteiger partial charge in [0, 0.05) is 31.0 Å². The Morgan fingerprint density at radius 1 is 1.12 bits per heavy atom. The maximum Gasteiger partial charge on any atom is 0.251 e. The highest BCUT2D eigenvalue weighted by atomic mass is 16.5. The lowest BCUT2D eigenvalue weighted by atomic mass is 10.1. The molecule has 0 bridgehead atoms. The summed E-state index contributed by atoms with van der Waals surface area (Å²) in [6.07, 6.45) is 1.74. The Labute approximate surface area is 149 Å². The molecule has 2 heterocycles. The van der Waals surface area contributed by atoms with Crippen LogP contribution in [0, 0.1) is 6.92 Å². The number of furan rings is 1. The molecule has 26 heavy (non-hydrogen) atoms. The van der Waals surface area contributed by atoms with Crippen molar-refractivity contribution in [1.82, 2.24) is 20.8 Å². The highest BCUT2D eigenvalue weighted by molar-refractivity contribution is 5.94. The van der Waals surface area contributed by atoms with Crippen LogP contribution in [-0.4, -0.2) is 28.5 Å². The summed E-state index contributed by atoms with van der Waals surface area (Å²) in [6.45, 7) is 2.29. The van der Waals surface area contributed by atoms with Crippen LogP contribution < -0.4 is 10.6 Å². The first kappa shape index (κ1) is 17.4. The van der Waals surface area contributed by atoms with Gasteiger partial charge in [0.1, 0.15) is 5.76 Å². The van der Waals surface area contributed by atoms with Crippen molar-refractivity contribution in [3.05, 3.63) is 59.9 Å². The quantitative estimate of drug-likeness (QED) is 0.672. The maximum atomic E-state index is 12.1. The number of hydrogen-bond acceptors (Lipinski definition) is 6. The summed E-state index contributed by atoms with van der Waals surface area (Å²) in [5, 5.41) is 9.26. The number of benzene rings is 1. The molecule has 0 saturated heterocycles. The molecule has 0 unspecified atom stereocenters. The van der Waals surface area contributed by atoms with Crippen molar-refractivity contribution in [1.29, 1.82) is 0 Å². The van der Waals surface area contributed by atoms with Crippen LogP contribution in [0.1, 0.15) is 28.4 Å². The van der Waals surface area contributed by atoms with Crippen LogP contribution in [0.3, 0.4) is 0 Å². The fourth-order valence-electron chi connectivity index (χ4n) is 2.27. The summed E-state index contributed by atoms with van der Waals surface area (Å²) in [7, 11) is 0. The average Bonchev–Trinajstić information content (AvgIpc) is 3.31. The van der Waals surface area contributed by atoms with E-state index in [1.54, 1.807) is 49.6 Å². The summed E-state index contributed by atoms with van der Waals surface area (Å²) >= 11 is 0. The number of hydrogen-bond donors (Lipinski definition) is 2. The Kier molecular flexibility index (Phi) is 5.43. The van der Waals surface area contributed by atoms with Crippen molar-refractivity contribution in [3.63, 3.8) is 0 Å². The third kappa shape index (κ3) is 4.56. The van der Waals surface area contributed by atoms with Crippen LogP contribution in [-0.2, 0) is 11.3 Å². The van der Waals surface area contributed by atoms with E-state index in [-0.39, 0.29) is 24.8 Å². The van der Waals surface area contributed by atoms with Crippen molar-refractivity contribution in [2.75, 3.05) is 6.54 Å². The van der Waals surface area contributed by atoms with Crippen LogP contribution in [0.4, 0.5) is 0 Å². The van der Waals surface area contributed by atoms with E-state index in [2.05, 4.69) is 20.8 Å². The highest BCUT2D eigenvalue weighted by Crippen LogP contribution is 2.16. The van der Waals surface area contributed by atoms with E-state index in [9.17, 15) is 9.59 Å². The number of carbonyl (C=O) groups is 2. The van der Waals surface area contributed by atoms with Crippen LogP contribution in [0.5, 0.6) is 0 Å². The first-order valence-electron chi connectivity index (χ1n) is 8.10. The van der Waals surface area contributed by atoms with E-state index in [0.29, 0.717) is 29.6 Å². The second-order valence-electron chi connectivity index (χ2n) is 5.58. The molecule has 8 heteroatoms. The van der Waals surface area contributed by atoms with E-state index >= 15 is 0 Å². The van der Waals surface area contributed by atoms with Gasteiger partial charge in [0.05, 0.1) is 12.8 Å². The monoisotopic (exact) mass is 354 g/mol. The fourth-order valence-corrected chi connectivity index (χ4v) is 2.27. The second-order valence-corrected chi connectivity index (χ2v) is 5.58. The normalized spacial score (nSPS) is 10.5. The molecule has 8 nitrogen and oxygen atoms in total. The minimum atomic E-state index is -0.250. The third-order valence-electron chi connectivity index (χ3n) is 3.61. The fraction of sp³-hybridized carbons (Fsp3) is 0.222. The predicted octanol–water partition coefficient (Wildman–Crippen LogP) is 2.07. The van der Waals surface area contributed by atoms with E-state index in [1.807, 2.05) is 0 Å². The molecule has 0 aliphatic heterocycles. The topological polar surface area (TPSA) is 110 Å². The van der Waals surface area contributed by atoms with Gasteiger partial charge in [-0.3, -0.25) is 9.59 Å². The Hall–Kier alpha value is -3.42. The molecule has 134 valence electrons. The van der Waals surface area contributed by atoms with Gasteiger partial charge in [0.15, 0.2) is 0 Å². The molecule has 0 saturated carbocycles. The largest absolute Gasteiger partial charge is 0.467 e. The molecule has 0 aliphatic rings. The summed E-state index contributed by atoms with van der Waals surface area (Å²) in [5.74, 6) is 1.22. The lowest BCUT2D eigenvalue weighted by molar-refractivity contribution is -0.121. The summed E-state index contributed by atoms with van der Waals surface area (Å²) in [4.78, 5) is 28.0. The van der Waals surface area contributed by atoms with Gasteiger partial charge in [-0.15, -0.1) is 0 Å². The highest BCUT2D eigenvalue weighted by Gasteiger charge is 2.09. The first-order chi connectivity index (χ1) is 12.6. The number of aromatic nitrogens is 2. The molecule has 3 aromatic rings. The number of nitrogens with zero attached hydrogens (tertiary/aromatic N) is 2. The standard InChI is InChI=1S/C18H18N4O4/c1-12-21-17(22-26-12)13-4-6-14(7-5-13)18(24)19-9-8-16(23)20-11-15-3-2-10-25-15/h2-7,10H,8-9,11H2,1H3,(H,19,24)(H,20,23). The summed E-state index contributed by atoms with van der Waals surface area (Å²) < 4.78 is 10.1. The molecular formula is C18H18N4O4. The van der Waals surface area contributed by atoms with Gasteiger partial charge in [-0.1, -0.05) is 17.3 Å². The number of nitrogens with one attached hydrogen (secondary N) is 2. The molecule has 2 aromatic heterocycles. The average molecular weight is 354 g/mol. The SMILES string of the molecule is Cc1nc(-c2ccc(C(=O)NCCC(=O)NCc3ccco3)cc2)no1. The van der Waals surface area contributed by atoms with Gasteiger partial charge in [0.25, 0.3) is 5.91 Å². The predicted molar refractivity (Wildman–Crippen MR) is 92.0 cm³/mol. The van der Waals surface area contributed by atoms with Crippen LogP contribution >= 0.6 is 0 Å². The Morgan fingerprint density at radius 2 is 1.92 bits per heavy atom. The van der Waals surface area contributed by atoms with Crippen molar-refractivity contribution in [3.8, 4) is 11.4 Å². The molecule has 3 rings (SSSR count). The van der Waals surface area contributed by atoms with E-state index in [1.165, 1.54) is 0 Å². The minimum absolute atomic E-state index is 0.162. The Morgan fingerprint density at radius 3 is 2.58 bits per heavy atom. The molecule has 0 aliphatic carbocycles. The minimum Gasteiger partial charge on any atom is -0.467 e. The van der Waals surface area contributed by atoms with Gasteiger partial charge >= 0.3 is 0 Å². The van der Waals surface area contributed by atoms with Crippen molar-refractivity contribution < 1.29 is 18.5 Å².